The second kappa shape index (κ2) is 5.15. The van der Waals surface area contributed by atoms with Gasteiger partial charge >= 0.3 is 0 Å². The Morgan fingerprint density at radius 2 is 2.14 bits per heavy atom. The minimum absolute atomic E-state index is 0.482. The zero-order valence-corrected chi connectivity index (χ0v) is 9.67. The molecule has 1 aromatic heterocycles. The lowest BCUT2D eigenvalue weighted by Crippen LogP contribution is -2.22. The highest BCUT2D eigenvalue weighted by Crippen LogP contribution is 2.14. The summed E-state index contributed by atoms with van der Waals surface area (Å²) >= 11 is 0. The summed E-state index contributed by atoms with van der Waals surface area (Å²) in [4.78, 5) is 0. The molecule has 1 aliphatic rings. The molecule has 0 aliphatic carbocycles. The summed E-state index contributed by atoms with van der Waals surface area (Å²) < 4.78 is 2.05. The van der Waals surface area contributed by atoms with Crippen molar-refractivity contribution >= 4 is 0 Å². The monoisotopic (exact) mass is 195 g/mol. The van der Waals surface area contributed by atoms with Crippen molar-refractivity contribution in [2.45, 2.75) is 46.7 Å². The Morgan fingerprint density at radius 1 is 1.43 bits per heavy atom. The highest BCUT2D eigenvalue weighted by Gasteiger charge is 2.13. The van der Waals surface area contributed by atoms with Crippen molar-refractivity contribution in [1.29, 1.82) is 0 Å². The van der Waals surface area contributed by atoms with E-state index in [0.717, 1.165) is 19.5 Å². The van der Waals surface area contributed by atoms with Gasteiger partial charge in [0, 0.05) is 18.8 Å². The molecule has 1 aliphatic heterocycles. The summed E-state index contributed by atoms with van der Waals surface area (Å²) in [5, 5.41) is 7.82. The second-order valence-corrected chi connectivity index (χ2v) is 3.60. The minimum Gasteiger partial charge on any atom is -0.311 e. The molecule has 0 unspecified atom stereocenters. The Morgan fingerprint density at radius 3 is 2.71 bits per heavy atom. The molecule has 2 heterocycles. The van der Waals surface area contributed by atoms with Crippen LogP contribution >= 0.6 is 0 Å². The van der Waals surface area contributed by atoms with Crippen molar-refractivity contribution in [2.75, 3.05) is 6.54 Å². The molecule has 1 N–H and O–H groups in total. The molecule has 0 radical (unpaired) electrons. The van der Waals surface area contributed by atoms with Crippen LogP contribution in [-0.2, 0) is 13.0 Å². The van der Waals surface area contributed by atoms with Crippen molar-refractivity contribution < 1.29 is 0 Å². The SMILES string of the molecule is CC.CC(C)n1cc2c(n1)CNCC2. The lowest BCUT2D eigenvalue weighted by molar-refractivity contribution is 0.522. The van der Waals surface area contributed by atoms with E-state index in [4.69, 9.17) is 0 Å². The van der Waals surface area contributed by atoms with Crippen molar-refractivity contribution in [3.05, 3.63) is 17.5 Å². The van der Waals surface area contributed by atoms with Crippen molar-refractivity contribution in [2.24, 2.45) is 0 Å². The third kappa shape index (κ3) is 2.35. The minimum atomic E-state index is 0.482. The normalized spacial score (nSPS) is 14.6. The summed E-state index contributed by atoms with van der Waals surface area (Å²) in [5.74, 6) is 0. The molecule has 3 heteroatoms. The van der Waals surface area contributed by atoms with Crippen LogP contribution in [0.1, 0.15) is 45.0 Å². The number of rotatable bonds is 1. The van der Waals surface area contributed by atoms with E-state index < -0.39 is 0 Å². The fourth-order valence-corrected chi connectivity index (χ4v) is 1.52. The van der Waals surface area contributed by atoms with E-state index in [1.54, 1.807) is 0 Å². The molecule has 0 amide bonds. The van der Waals surface area contributed by atoms with Gasteiger partial charge in [-0.3, -0.25) is 4.68 Å². The summed E-state index contributed by atoms with van der Waals surface area (Å²) in [6, 6.07) is 0.482. The summed E-state index contributed by atoms with van der Waals surface area (Å²) in [6.07, 6.45) is 3.31. The standard InChI is InChI=1S/C9H15N3.C2H6/c1-7(2)12-6-8-3-4-10-5-9(8)11-12;1-2/h6-7,10H,3-5H2,1-2H3;1-2H3. The maximum Gasteiger partial charge on any atom is 0.0794 e. The van der Waals surface area contributed by atoms with Crippen LogP contribution in [0.5, 0.6) is 0 Å². The fraction of sp³-hybridized carbons (Fsp3) is 0.727. The smallest absolute Gasteiger partial charge is 0.0794 e. The van der Waals surface area contributed by atoms with E-state index in [-0.39, 0.29) is 0 Å². The Labute approximate surface area is 86.5 Å². The number of aromatic nitrogens is 2. The number of nitrogens with zero attached hydrogens (tertiary/aromatic N) is 2. The summed E-state index contributed by atoms with van der Waals surface area (Å²) in [5.41, 5.74) is 2.65. The van der Waals surface area contributed by atoms with E-state index in [2.05, 4.69) is 35.1 Å². The van der Waals surface area contributed by atoms with Gasteiger partial charge in [-0.1, -0.05) is 13.8 Å². The Hall–Kier alpha value is -0.830. The molecule has 0 spiro atoms. The van der Waals surface area contributed by atoms with Crippen LogP contribution in [0.15, 0.2) is 6.20 Å². The van der Waals surface area contributed by atoms with E-state index in [0.29, 0.717) is 6.04 Å². The first-order valence-corrected chi connectivity index (χ1v) is 5.55. The topological polar surface area (TPSA) is 29.9 Å². The van der Waals surface area contributed by atoms with Crippen molar-refractivity contribution in [1.82, 2.24) is 15.1 Å². The van der Waals surface area contributed by atoms with Crippen LogP contribution in [0.3, 0.4) is 0 Å². The van der Waals surface area contributed by atoms with Gasteiger partial charge < -0.3 is 5.32 Å². The lowest BCUT2D eigenvalue weighted by Gasteiger charge is -2.09. The van der Waals surface area contributed by atoms with Gasteiger partial charge in [-0.25, -0.2) is 0 Å². The van der Waals surface area contributed by atoms with Gasteiger partial charge in [-0.15, -0.1) is 0 Å². The van der Waals surface area contributed by atoms with Crippen LogP contribution in [0.25, 0.3) is 0 Å². The molecule has 0 fully saturated rings. The van der Waals surface area contributed by atoms with E-state index in [1.807, 2.05) is 13.8 Å². The van der Waals surface area contributed by atoms with E-state index >= 15 is 0 Å². The van der Waals surface area contributed by atoms with Gasteiger partial charge in [-0.2, -0.15) is 5.10 Å². The predicted octanol–water partition coefficient (Wildman–Crippen LogP) is 2.14. The number of fused-ring (bicyclic) bond motifs is 1. The summed E-state index contributed by atoms with van der Waals surface area (Å²) in [7, 11) is 0. The molecule has 0 saturated carbocycles. The fourth-order valence-electron chi connectivity index (χ4n) is 1.52. The zero-order valence-electron chi connectivity index (χ0n) is 9.67. The van der Waals surface area contributed by atoms with Crippen LogP contribution in [0.4, 0.5) is 0 Å². The predicted molar refractivity (Wildman–Crippen MR) is 59.4 cm³/mol. The largest absolute Gasteiger partial charge is 0.311 e. The van der Waals surface area contributed by atoms with E-state index in [1.165, 1.54) is 11.3 Å². The first-order valence-electron chi connectivity index (χ1n) is 5.55. The number of hydrogen-bond acceptors (Lipinski definition) is 2. The average molecular weight is 195 g/mol. The molecule has 0 bridgehead atoms. The molecular weight excluding hydrogens is 174 g/mol. The highest BCUT2D eigenvalue weighted by atomic mass is 15.3. The quantitative estimate of drug-likeness (QED) is 0.744. The van der Waals surface area contributed by atoms with Crippen molar-refractivity contribution in [3.63, 3.8) is 0 Å². The molecule has 3 nitrogen and oxygen atoms in total. The Kier molecular flexibility index (Phi) is 4.14. The molecule has 0 atom stereocenters. The zero-order chi connectivity index (χ0) is 10.6. The molecule has 1 aromatic rings. The third-order valence-corrected chi connectivity index (χ3v) is 2.29. The maximum absolute atomic E-state index is 4.50. The second-order valence-electron chi connectivity index (χ2n) is 3.60. The number of nitrogens with one attached hydrogen (secondary N) is 1. The van der Waals surface area contributed by atoms with E-state index in [9.17, 15) is 0 Å². The lowest BCUT2D eigenvalue weighted by atomic mass is 10.1. The average Bonchev–Trinajstić information content (AvgIpc) is 2.64. The molecular formula is C11H21N3. The van der Waals surface area contributed by atoms with Crippen LogP contribution in [0, 0.1) is 0 Å². The van der Waals surface area contributed by atoms with Crippen LogP contribution < -0.4 is 5.32 Å². The molecule has 2 rings (SSSR count). The Bertz CT molecular complexity index is 253. The maximum atomic E-state index is 4.50. The van der Waals surface area contributed by atoms with Gasteiger partial charge in [0.15, 0.2) is 0 Å². The van der Waals surface area contributed by atoms with Gasteiger partial charge in [-0.05, 0) is 32.4 Å². The first kappa shape index (κ1) is 11.2. The van der Waals surface area contributed by atoms with Crippen LogP contribution in [-0.4, -0.2) is 16.3 Å². The Balaban J connectivity index is 0.000000461. The van der Waals surface area contributed by atoms with Gasteiger partial charge in [0.25, 0.3) is 0 Å². The summed E-state index contributed by atoms with van der Waals surface area (Å²) in [6.45, 7) is 10.4. The third-order valence-electron chi connectivity index (χ3n) is 2.29. The van der Waals surface area contributed by atoms with Gasteiger partial charge in [0.05, 0.1) is 5.69 Å². The molecule has 80 valence electrons. The van der Waals surface area contributed by atoms with Crippen LogP contribution in [0.2, 0.25) is 0 Å². The number of hydrogen-bond donors (Lipinski definition) is 1. The first-order chi connectivity index (χ1) is 6.77. The molecule has 0 saturated heterocycles. The van der Waals surface area contributed by atoms with Crippen molar-refractivity contribution in [3.8, 4) is 0 Å². The van der Waals surface area contributed by atoms with Gasteiger partial charge in [0.1, 0.15) is 0 Å². The highest BCUT2D eigenvalue weighted by molar-refractivity contribution is 5.19. The van der Waals surface area contributed by atoms with Gasteiger partial charge in [0.2, 0.25) is 0 Å². The molecule has 0 aromatic carbocycles. The molecule has 14 heavy (non-hydrogen) atoms.